The van der Waals surface area contributed by atoms with E-state index in [0.29, 0.717) is 31.4 Å². The highest BCUT2D eigenvalue weighted by atomic mass is 16.5. The summed E-state index contributed by atoms with van der Waals surface area (Å²) in [7, 11) is 3.73. The monoisotopic (exact) mass is 428 g/mol. The molecule has 1 amide bonds. The Bertz CT molecular complexity index is 1180. The number of aryl methyl sites for hydroxylation is 1. The van der Waals surface area contributed by atoms with Gasteiger partial charge >= 0.3 is 0 Å². The summed E-state index contributed by atoms with van der Waals surface area (Å²) in [4.78, 5) is 18.7. The van der Waals surface area contributed by atoms with Gasteiger partial charge in [-0.15, -0.1) is 5.10 Å². The lowest BCUT2D eigenvalue weighted by molar-refractivity contribution is -0.126. The topological polar surface area (TPSA) is 59.7 Å². The van der Waals surface area contributed by atoms with E-state index in [1.54, 1.807) is 9.58 Å². The van der Waals surface area contributed by atoms with Crippen molar-refractivity contribution < 1.29 is 9.53 Å². The second-order valence-corrected chi connectivity index (χ2v) is 8.96. The molecule has 3 heterocycles. The number of likely N-dealkylation sites (N-methyl/N-ethyl adjacent to an activating group) is 1. The summed E-state index contributed by atoms with van der Waals surface area (Å²) in [6.45, 7) is 3.38. The number of likely N-dealkylation sites (tertiary alicyclic amines) is 1. The minimum absolute atomic E-state index is 0.132. The molecule has 0 spiro atoms. The fraction of sp³-hybridized carbons (Fsp3) is 0.346. The summed E-state index contributed by atoms with van der Waals surface area (Å²) in [6.07, 6.45) is 3.49. The first-order chi connectivity index (χ1) is 15.5. The number of aromatic nitrogens is 2. The van der Waals surface area contributed by atoms with Gasteiger partial charge in [0.2, 0.25) is 11.8 Å². The molecule has 0 N–H and O–H groups in total. The molecule has 2 aliphatic rings. The molecule has 0 bridgehead atoms. The SMILES string of the molecule is CC1Cc2ccccc2N=C1c1ccc(COc2nn(C)cc2C2CC(=O)N(C)C2)cc1. The van der Waals surface area contributed by atoms with Gasteiger partial charge in [0.15, 0.2) is 0 Å². The molecule has 0 saturated carbocycles. The van der Waals surface area contributed by atoms with Crippen molar-refractivity contribution in [3.05, 3.63) is 77.0 Å². The maximum absolute atomic E-state index is 12.0. The molecule has 32 heavy (non-hydrogen) atoms. The van der Waals surface area contributed by atoms with E-state index < -0.39 is 0 Å². The Labute approximate surface area is 188 Å². The summed E-state index contributed by atoms with van der Waals surface area (Å²) < 4.78 is 7.85. The molecule has 2 aliphatic heterocycles. The number of fused-ring (bicyclic) bond motifs is 1. The number of para-hydroxylation sites is 1. The molecule has 0 radical (unpaired) electrons. The molecule has 164 valence electrons. The Hall–Kier alpha value is -3.41. The number of carbonyl (C=O) groups is 1. The predicted octanol–water partition coefficient (Wildman–Crippen LogP) is 4.26. The maximum atomic E-state index is 12.0. The minimum Gasteiger partial charge on any atom is -0.472 e. The Balaban J connectivity index is 1.30. The zero-order valence-electron chi connectivity index (χ0n) is 18.8. The summed E-state index contributed by atoms with van der Waals surface area (Å²) in [6, 6.07) is 16.8. The molecule has 1 aromatic heterocycles. The third kappa shape index (κ3) is 3.93. The molecule has 2 atom stereocenters. The lowest BCUT2D eigenvalue weighted by Gasteiger charge is -2.22. The molecule has 6 nitrogen and oxygen atoms in total. The molecule has 1 saturated heterocycles. The maximum Gasteiger partial charge on any atom is 0.236 e. The van der Waals surface area contributed by atoms with Crippen LogP contribution in [0.15, 0.2) is 59.7 Å². The molecule has 5 rings (SSSR count). The fourth-order valence-corrected chi connectivity index (χ4v) is 4.68. The smallest absolute Gasteiger partial charge is 0.236 e. The van der Waals surface area contributed by atoms with E-state index >= 15 is 0 Å². The number of benzene rings is 2. The summed E-state index contributed by atoms with van der Waals surface area (Å²) in [5.41, 5.74) is 6.77. The van der Waals surface area contributed by atoms with E-state index in [2.05, 4.69) is 54.5 Å². The van der Waals surface area contributed by atoms with Crippen molar-refractivity contribution in [3.63, 3.8) is 0 Å². The van der Waals surface area contributed by atoms with Crippen LogP contribution in [0.3, 0.4) is 0 Å². The molecule has 6 heteroatoms. The molecule has 2 unspecified atom stereocenters. The Morgan fingerprint density at radius 3 is 2.59 bits per heavy atom. The van der Waals surface area contributed by atoms with Crippen molar-refractivity contribution >= 4 is 17.3 Å². The lowest BCUT2D eigenvalue weighted by Crippen LogP contribution is -2.18. The Morgan fingerprint density at radius 2 is 1.84 bits per heavy atom. The van der Waals surface area contributed by atoms with Gasteiger partial charge in [0.1, 0.15) is 6.61 Å². The molecular formula is C26H28N4O2. The van der Waals surface area contributed by atoms with Gasteiger partial charge in [-0.1, -0.05) is 49.4 Å². The van der Waals surface area contributed by atoms with Crippen molar-refractivity contribution in [1.29, 1.82) is 0 Å². The molecule has 1 fully saturated rings. The zero-order chi connectivity index (χ0) is 22.2. The van der Waals surface area contributed by atoms with Gasteiger partial charge in [0.25, 0.3) is 0 Å². The number of amides is 1. The van der Waals surface area contributed by atoms with Crippen LogP contribution < -0.4 is 4.74 Å². The van der Waals surface area contributed by atoms with Gasteiger partial charge in [-0.05, 0) is 29.2 Å². The molecule has 3 aromatic rings. The van der Waals surface area contributed by atoms with Gasteiger partial charge < -0.3 is 9.64 Å². The fourth-order valence-electron chi connectivity index (χ4n) is 4.68. The Kier molecular flexibility index (Phi) is 5.29. The van der Waals surface area contributed by atoms with Gasteiger partial charge in [-0.3, -0.25) is 14.5 Å². The van der Waals surface area contributed by atoms with Crippen LogP contribution in [-0.2, 0) is 24.9 Å². The average molecular weight is 429 g/mol. The predicted molar refractivity (Wildman–Crippen MR) is 124 cm³/mol. The summed E-state index contributed by atoms with van der Waals surface area (Å²) in [5.74, 6) is 1.30. The molecular weight excluding hydrogens is 400 g/mol. The van der Waals surface area contributed by atoms with Crippen molar-refractivity contribution in [1.82, 2.24) is 14.7 Å². The van der Waals surface area contributed by atoms with Crippen LogP contribution in [0, 0.1) is 5.92 Å². The van der Waals surface area contributed by atoms with E-state index in [1.807, 2.05) is 26.4 Å². The van der Waals surface area contributed by atoms with Crippen molar-refractivity contribution in [2.45, 2.75) is 32.3 Å². The van der Waals surface area contributed by atoms with Crippen LogP contribution in [0.2, 0.25) is 0 Å². The number of hydrogen-bond donors (Lipinski definition) is 0. The second-order valence-electron chi connectivity index (χ2n) is 8.96. The third-order valence-electron chi connectivity index (χ3n) is 6.45. The highest BCUT2D eigenvalue weighted by Crippen LogP contribution is 2.33. The highest BCUT2D eigenvalue weighted by molar-refractivity contribution is 6.04. The van der Waals surface area contributed by atoms with Crippen LogP contribution >= 0.6 is 0 Å². The van der Waals surface area contributed by atoms with Crippen molar-refractivity contribution in [3.8, 4) is 5.88 Å². The number of aliphatic imine (C=N–C) groups is 1. The first kappa shape index (κ1) is 20.5. The van der Waals surface area contributed by atoms with Gasteiger partial charge in [0, 0.05) is 50.7 Å². The van der Waals surface area contributed by atoms with Crippen LogP contribution in [0.1, 0.15) is 41.5 Å². The van der Waals surface area contributed by atoms with Crippen LogP contribution in [0.25, 0.3) is 0 Å². The Morgan fingerprint density at radius 1 is 1.06 bits per heavy atom. The standard InChI is InChI=1S/C26H28N4O2/c1-17-12-20-6-4-5-7-23(20)27-25(17)19-10-8-18(9-11-19)16-32-26-22(15-30(3)28-26)21-13-24(31)29(2)14-21/h4-11,15,17,21H,12-14,16H2,1-3H3. The van der Waals surface area contributed by atoms with Crippen molar-refractivity contribution in [2.24, 2.45) is 18.0 Å². The van der Waals surface area contributed by atoms with Gasteiger partial charge in [0.05, 0.1) is 11.4 Å². The van der Waals surface area contributed by atoms with E-state index in [1.165, 1.54) is 5.56 Å². The first-order valence-electron chi connectivity index (χ1n) is 11.1. The van der Waals surface area contributed by atoms with Crippen LogP contribution in [0.4, 0.5) is 5.69 Å². The summed E-state index contributed by atoms with van der Waals surface area (Å²) >= 11 is 0. The number of ether oxygens (including phenoxy) is 1. The largest absolute Gasteiger partial charge is 0.472 e. The first-order valence-corrected chi connectivity index (χ1v) is 11.1. The number of hydrogen-bond acceptors (Lipinski definition) is 4. The normalized spacial score (nSPS) is 20.3. The van der Waals surface area contributed by atoms with Gasteiger partial charge in [-0.2, -0.15) is 0 Å². The van der Waals surface area contributed by atoms with Gasteiger partial charge in [-0.25, -0.2) is 0 Å². The molecule has 2 aromatic carbocycles. The number of rotatable bonds is 5. The van der Waals surface area contributed by atoms with E-state index in [9.17, 15) is 4.79 Å². The average Bonchev–Trinajstić information content (AvgIpc) is 3.33. The highest BCUT2D eigenvalue weighted by Gasteiger charge is 2.31. The van der Waals surface area contributed by atoms with E-state index in [0.717, 1.165) is 34.5 Å². The number of carbonyl (C=O) groups excluding carboxylic acids is 1. The minimum atomic E-state index is 0.132. The third-order valence-corrected chi connectivity index (χ3v) is 6.45. The van der Waals surface area contributed by atoms with E-state index in [4.69, 9.17) is 9.73 Å². The van der Waals surface area contributed by atoms with Crippen LogP contribution in [0.5, 0.6) is 5.88 Å². The number of nitrogens with zero attached hydrogens (tertiary/aromatic N) is 4. The zero-order valence-corrected chi connectivity index (χ0v) is 18.8. The van der Waals surface area contributed by atoms with Crippen molar-refractivity contribution in [2.75, 3.05) is 13.6 Å². The van der Waals surface area contributed by atoms with E-state index in [-0.39, 0.29) is 11.8 Å². The lowest BCUT2D eigenvalue weighted by atomic mass is 9.88. The molecule has 0 aliphatic carbocycles. The quantitative estimate of drug-likeness (QED) is 0.610. The summed E-state index contributed by atoms with van der Waals surface area (Å²) in [5, 5.41) is 4.49. The van der Waals surface area contributed by atoms with Crippen LogP contribution in [-0.4, -0.2) is 39.9 Å². The second kappa shape index (κ2) is 8.26.